The zero-order valence-corrected chi connectivity index (χ0v) is 20.2. The molecular weight excluding hydrogens is 469 g/mol. The van der Waals surface area contributed by atoms with Gasteiger partial charge in [-0.05, 0) is 31.0 Å². The number of nitrogen functional groups attached to an aromatic ring is 1. The predicted octanol–water partition coefficient (Wildman–Crippen LogP) is 4.59. The van der Waals surface area contributed by atoms with Gasteiger partial charge in [-0.3, -0.25) is 0 Å². The molecule has 182 valence electrons. The molecule has 0 fully saturated rings. The molecule has 0 aliphatic rings. The number of rotatable bonds is 8. The zero-order valence-electron chi connectivity index (χ0n) is 19.3. The van der Waals surface area contributed by atoms with Gasteiger partial charge in [0.15, 0.2) is 27.1 Å². The molecule has 2 aromatic heterocycles. The minimum Gasteiger partial charge on any atom is -0.382 e. The van der Waals surface area contributed by atoms with Crippen LogP contribution >= 0.6 is 0 Å². The number of alkyl halides is 1. The van der Waals surface area contributed by atoms with E-state index in [4.69, 9.17) is 16.0 Å². The summed E-state index contributed by atoms with van der Waals surface area (Å²) in [6.45, 7) is 2.90. The molecule has 0 bridgehead atoms. The highest BCUT2D eigenvalue weighted by Gasteiger charge is 2.22. The summed E-state index contributed by atoms with van der Waals surface area (Å²) in [6, 6.07) is 14.6. The van der Waals surface area contributed by atoms with E-state index in [-0.39, 0.29) is 10.7 Å². The largest absolute Gasteiger partial charge is 0.382 e. The van der Waals surface area contributed by atoms with E-state index in [2.05, 4.69) is 15.1 Å². The van der Waals surface area contributed by atoms with Crippen molar-refractivity contribution in [3.8, 4) is 34.0 Å². The molecule has 4 N–H and O–H groups in total. The van der Waals surface area contributed by atoms with Crippen LogP contribution in [-0.4, -0.2) is 35.5 Å². The van der Waals surface area contributed by atoms with Gasteiger partial charge in [-0.15, -0.1) is 0 Å². The van der Waals surface area contributed by atoms with Gasteiger partial charge in [-0.1, -0.05) is 48.5 Å². The molecule has 0 aliphatic heterocycles. The molecule has 4 rings (SSSR count). The summed E-state index contributed by atoms with van der Waals surface area (Å²) in [5, 5.41) is 3.63. The molecular formula is C25H26FN5O3S. The lowest BCUT2D eigenvalue weighted by Crippen LogP contribution is -2.16. The number of hydrogen-bond acceptors (Lipinski definition) is 8. The van der Waals surface area contributed by atoms with Crippen molar-refractivity contribution in [2.75, 3.05) is 12.4 Å². The molecule has 0 spiro atoms. The maximum Gasteiger partial charge on any atom is 0.189 e. The van der Waals surface area contributed by atoms with Crippen molar-refractivity contribution in [3.63, 3.8) is 0 Å². The first kappa shape index (κ1) is 24.5. The molecule has 4 aromatic rings. The minimum atomic E-state index is -3.38. The fraction of sp³-hybridized carbons (Fsp3) is 0.240. The quantitative estimate of drug-likeness (QED) is 0.362. The highest BCUT2D eigenvalue weighted by Crippen LogP contribution is 2.30. The van der Waals surface area contributed by atoms with Crippen molar-refractivity contribution < 1.29 is 17.3 Å². The first-order valence-corrected chi connectivity index (χ1v) is 12.6. The van der Waals surface area contributed by atoms with Gasteiger partial charge in [0, 0.05) is 17.2 Å². The maximum absolute atomic E-state index is 12.8. The van der Waals surface area contributed by atoms with Crippen molar-refractivity contribution in [3.05, 3.63) is 66.4 Å². The molecule has 8 nitrogen and oxygen atoms in total. The molecule has 10 heteroatoms. The average Bonchev–Trinajstić information content (AvgIpc) is 3.38. The van der Waals surface area contributed by atoms with Crippen LogP contribution < -0.4 is 11.5 Å². The Labute approximate surface area is 203 Å². The van der Waals surface area contributed by atoms with Gasteiger partial charge < -0.3 is 16.0 Å². The van der Waals surface area contributed by atoms with Gasteiger partial charge in [0.05, 0.1) is 28.1 Å². The van der Waals surface area contributed by atoms with E-state index < -0.39 is 27.8 Å². The second-order valence-electron chi connectivity index (χ2n) is 8.24. The Hall–Kier alpha value is -3.63. The number of sulfone groups is 1. The lowest BCUT2D eigenvalue weighted by molar-refractivity contribution is 0.433. The van der Waals surface area contributed by atoms with E-state index in [9.17, 15) is 12.8 Å². The van der Waals surface area contributed by atoms with Crippen LogP contribution in [-0.2, 0) is 9.84 Å². The molecule has 2 atom stereocenters. The Bertz CT molecular complexity index is 1420. The van der Waals surface area contributed by atoms with Crippen LogP contribution in [0.15, 0.2) is 70.2 Å². The molecule has 0 saturated heterocycles. The van der Waals surface area contributed by atoms with Crippen LogP contribution in [0.4, 0.5) is 10.2 Å². The van der Waals surface area contributed by atoms with Gasteiger partial charge in [-0.2, -0.15) is 0 Å². The SMILES string of the molecule is CCC(C)S(=O)(=O)c1ccc(-c2cnc(N)c(-c3cc(-c4ccc(C(N)CF)cc4)no3)n2)cc1. The number of halogens is 1. The van der Waals surface area contributed by atoms with E-state index in [0.29, 0.717) is 40.4 Å². The molecule has 0 amide bonds. The van der Waals surface area contributed by atoms with E-state index in [1.165, 1.54) is 6.20 Å². The number of benzene rings is 2. The Morgan fingerprint density at radius 3 is 2.29 bits per heavy atom. The van der Waals surface area contributed by atoms with Crippen molar-refractivity contribution in [1.82, 2.24) is 15.1 Å². The highest BCUT2D eigenvalue weighted by molar-refractivity contribution is 7.92. The van der Waals surface area contributed by atoms with Gasteiger partial charge in [0.1, 0.15) is 12.4 Å². The molecule has 2 unspecified atom stereocenters. The Kier molecular flexibility index (Phi) is 6.95. The maximum atomic E-state index is 12.8. The molecule has 0 radical (unpaired) electrons. The molecule has 2 heterocycles. The van der Waals surface area contributed by atoms with Crippen LogP contribution in [0.5, 0.6) is 0 Å². The average molecular weight is 496 g/mol. The Balaban J connectivity index is 1.62. The first-order chi connectivity index (χ1) is 16.7. The minimum absolute atomic E-state index is 0.164. The fourth-order valence-corrected chi connectivity index (χ4v) is 4.92. The summed E-state index contributed by atoms with van der Waals surface area (Å²) in [6.07, 6.45) is 2.05. The highest BCUT2D eigenvalue weighted by atomic mass is 32.2. The smallest absolute Gasteiger partial charge is 0.189 e. The van der Waals surface area contributed by atoms with Crippen LogP contribution in [0.25, 0.3) is 34.0 Å². The summed E-state index contributed by atoms with van der Waals surface area (Å²) in [5.41, 5.74) is 15.3. The Morgan fingerprint density at radius 2 is 1.66 bits per heavy atom. The van der Waals surface area contributed by atoms with Gasteiger partial charge in [0.25, 0.3) is 0 Å². The van der Waals surface area contributed by atoms with Crippen molar-refractivity contribution in [2.24, 2.45) is 5.73 Å². The van der Waals surface area contributed by atoms with Crippen LogP contribution in [0.1, 0.15) is 31.9 Å². The van der Waals surface area contributed by atoms with E-state index in [1.54, 1.807) is 61.5 Å². The molecule has 0 saturated carbocycles. The first-order valence-electron chi connectivity index (χ1n) is 11.1. The van der Waals surface area contributed by atoms with E-state index in [1.807, 2.05) is 6.92 Å². The van der Waals surface area contributed by atoms with Gasteiger partial charge >= 0.3 is 0 Å². The van der Waals surface area contributed by atoms with Crippen molar-refractivity contribution in [1.29, 1.82) is 0 Å². The van der Waals surface area contributed by atoms with Crippen LogP contribution in [0.3, 0.4) is 0 Å². The van der Waals surface area contributed by atoms with Gasteiger partial charge in [0.2, 0.25) is 0 Å². The second-order valence-corrected chi connectivity index (χ2v) is 10.6. The summed E-state index contributed by atoms with van der Waals surface area (Å²) in [4.78, 5) is 9.07. The summed E-state index contributed by atoms with van der Waals surface area (Å²) in [5.74, 6) is 0.490. The summed E-state index contributed by atoms with van der Waals surface area (Å²) in [7, 11) is -3.38. The lowest BCUT2D eigenvalue weighted by atomic mass is 10.0. The number of nitrogens with two attached hydrogens (primary N) is 2. The van der Waals surface area contributed by atoms with Crippen LogP contribution in [0, 0.1) is 0 Å². The standard InChI is InChI=1S/C25H26FN5O3S/c1-3-15(2)35(32,33)19-10-8-18(9-11-19)22-14-29-25(28)24(30-22)23-12-21(31-34-23)17-6-4-16(5-7-17)20(27)13-26/h4-12,14-15,20H,3,13,27H2,1-2H3,(H2,28,29). The Morgan fingerprint density at radius 1 is 1.03 bits per heavy atom. The third kappa shape index (κ3) is 4.94. The second kappa shape index (κ2) is 9.93. The summed E-state index contributed by atoms with van der Waals surface area (Å²) >= 11 is 0. The van der Waals surface area contributed by atoms with E-state index >= 15 is 0 Å². The molecule has 0 aliphatic carbocycles. The fourth-order valence-electron chi connectivity index (χ4n) is 3.50. The number of aromatic nitrogens is 3. The zero-order chi connectivity index (χ0) is 25.2. The van der Waals surface area contributed by atoms with Gasteiger partial charge in [-0.25, -0.2) is 22.8 Å². The topological polar surface area (TPSA) is 138 Å². The normalized spacial score (nSPS) is 13.5. The third-order valence-corrected chi connectivity index (χ3v) is 8.25. The van der Waals surface area contributed by atoms with Crippen molar-refractivity contribution >= 4 is 15.7 Å². The van der Waals surface area contributed by atoms with E-state index in [0.717, 1.165) is 5.56 Å². The lowest BCUT2D eigenvalue weighted by Gasteiger charge is -2.11. The number of anilines is 1. The predicted molar refractivity (Wildman–Crippen MR) is 133 cm³/mol. The molecule has 35 heavy (non-hydrogen) atoms. The van der Waals surface area contributed by atoms with Crippen molar-refractivity contribution in [2.45, 2.75) is 36.5 Å². The monoisotopic (exact) mass is 495 g/mol. The van der Waals surface area contributed by atoms with Crippen LogP contribution in [0.2, 0.25) is 0 Å². The molecule has 2 aromatic carbocycles. The number of nitrogens with zero attached hydrogens (tertiary/aromatic N) is 3. The third-order valence-electron chi connectivity index (χ3n) is 5.93. The summed E-state index contributed by atoms with van der Waals surface area (Å²) < 4.78 is 43.5. The number of hydrogen-bond donors (Lipinski definition) is 2.